The first-order valence-corrected chi connectivity index (χ1v) is 45.9. The number of benzene rings is 5. The van der Waals surface area contributed by atoms with Gasteiger partial charge in [-0.05, 0) is 183 Å². The summed E-state index contributed by atoms with van der Waals surface area (Å²) in [6, 6.07) is 18.0. The molecule has 31 nitrogen and oxygen atoms in total. The fourth-order valence-electron chi connectivity index (χ4n) is 16.3. The van der Waals surface area contributed by atoms with Crippen LogP contribution in [0.5, 0.6) is 28.7 Å². The minimum atomic E-state index is -0.869. The van der Waals surface area contributed by atoms with Crippen molar-refractivity contribution in [3.8, 4) is 28.7 Å². The van der Waals surface area contributed by atoms with Gasteiger partial charge in [-0.3, -0.25) is 41.8 Å². The van der Waals surface area contributed by atoms with E-state index in [0.29, 0.717) is 138 Å². The van der Waals surface area contributed by atoms with Crippen molar-refractivity contribution in [2.45, 2.75) is 178 Å². The molecule has 0 saturated carbocycles. The van der Waals surface area contributed by atoms with Crippen molar-refractivity contribution in [3.63, 3.8) is 0 Å². The molecular weight excluding hydrogens is 1850 g/mol. The zero-order chi connectivity index (χ0) is 99.9. The van der Waals surface area contributed by atoms with Crippen LogP contribution in [0, 0.1) is 56.9 Å². The third-order valence-corrected chi connectivity index (χ3v) is 24.1. The zero-order valence-electron chi connectivity index (χ0n) is 79.7. The Hall–Kier alpha value is -13.4. The first-order valence-electron chi connectivity index (χ1n) is 44.3. The number of likely N-dealkylation sites (tertiary alicyclic amines) is 1. The normalized spacial score (nSPS) is 13.2. The third-order valence-electron chi connectivity index (χ3n) is 23.0. The van der Waals surface area contributed by atoms with Gasteiger partial charge in [0.15, 0.2) is 23.3 Å². The van der Waals surface area contributed by atoms with E-state index in [1.54, 1.807) is 147 Å². The lowest BCUT2D eigenvalue weighted by molar-refractivity contribution is 0.0814. The maximum atomic E-state index is 15.4. The number of ether oxygens (including phenoxy) is 5. The van der Waals surface area contributed by atoms with Crippen LogP contribution in [0.4, 0.5) is 46.5 Å². The van der Waals surface area contributed by atoms with Crippen LogP contribution in [0.2, 0.25) is 20.1 Å². The van der Waals surface area contributed by atoms with Crippen LogP contribution in [-0.2, 0) is 6.54 Å². The molecule has 1 fully saturated rings. The van der Waals surface area contributed by atoms with Gasteiger partial charge < -0.3 is 72.4 Å². The Morgan fingerprint density at radius 2 is 0.759 bits per heavy atom. The third kappa shape index (κ3) is 22.3. The maximum Gasteiger partial charge on any atom is 0.262 e. The van der Waals surface area contributed by atoms with Gasteiger partial charge in [-0.15, -0.1) is 0 Å². The van der Waals surface area contributed by atoms with Gasteiger partial charge in [0.05, 0.1) is 86.6 Å². The average molecular weight is 1960 g/mol. The van der Waals surface area contributed by atoms with E-state index in [9.17, 15) is 23.6 Å². The SMILES string of the molecule is COc1ccc(NC(=O)c2c(F)c(Cl)cc(C(C)c3nc(C)c4c(N)nccn34)c2OC(C)C)cc1.Cc1nc(C(C)c2cc(Cl)c(F)c(C(=O)N(C)C)c2OC(C)C)n2ccnc(N)c12.Cc1nc(C(C)c2cc(Cl)c(F)c(C(=O)NCC3CCN(C)CC3)c2OC(C)C)n2ccnc(N)c12.Cc1nc(C(C)c2cc(Cl)c(F)c(C(=O)NCc3ccccn3)c2OC(C)C)n2ccnc(N)c12. The quantitative estimate of drug-likeness (QED) is 0.0248. The van der Waals surface area contributed by atoms with Crippen LogP contribution in [0.1, 0.15) is 235 Å². The molecule has 14 aromatic rings. The number of hydrogen-bond donors (Lipinski definition) is 7. The van der Waals surface area contributed by atoms with Crippen LogP contribution < -0.4 is 62.6 Å². The molecule has 137 heavy (non-hydrogen) atoms. The number of nitrogens with two attached hydrogens (primary N) is 4. The Morgan fingerprint density at radius 1 is 0.445 bits per heavy atom. The van der Waals surface area contributed by atoms with E-state index >= 15 is 13.2 Å². The molecule has 5 aromatic carbocycles. The number of nitrogen functional groups attached to an aromatic ring is 4. The van der Waals surface area contributed by atoms with E-state index in [1.165, 1.54) is 29.2 Å². The number of aryl methyl sites for hydroxylation is 4. The number of nitrogens with zero attached hydrogens (tertiary/aromatic N) is 15. The Balaban J connectivity index is 0.000000164. The second-order valence-corrected chi connectivity index (χ2v) is 36.2. The molecule has 9 aromatic heterocycles. The number of anilines is 5. The Bertz CT molecular complexity index is 6830. The summed E-state index contributed by atoms with van der Waals surface area (Å²) < 4.78 is 97.7. The molecular formula is C98H112Cl4F4N22O9. The predicted molar refractivity (Wildman–Crippen MR) is 524 cm³/mol. The monoisotopic (exact) mass is 1960 g/mol. The van der Waals surface area contributed by atoms with Crippen molar-refractivity contribution in [1.29, 1.82) is 0 Å². The summed E-state index contributed by atoms with van der Waals surface area (Å²) in [6.45, 7) is 32.0. The van der Waals surface area contributed by atoms with Crippen LogP contribution >= 0.6 is 46.4 Å². The molecule has 1 aliphatic heterocycles. The average Bonchev–Trinajstić information content (AvgIpc) is 1.71. The number of rotatable bonds is 26. The summed E-state index contributed by atoms with van der Waals surface area (Å²) in [5, 5.41) is 7.68. The van der Waals surface area contributed by atoms with Gasteiger partial charge in [-0.1, -0.05) is 80.2 Å². The van der Waals surface area contributed by atoms with E-state index in [2.05, 4.69) is 57.8 Å². The second kappa shape index (κ2) is 43.8. The van der Waals surface area contributed by atoms with E-state index in [4.69, 9.17) is 108 Å². The molecule has 4 atom stereocenters. The fourth-order valence-corrected chi connectivity index (χ4v) is 17.2. The Kier molecular flexibility index (Phi) is 32.8. The zero-order valence-corrected chi connectivity index (χ0v) is 82.7. The lowest BCUT2D eigenvalue weighted by Gasteiger charge is -2.29. The molecule has 11 N–H and O–H groups in total. The summed E-state index contributed by atoms with van der Waals surface area (Å²) in [4.78, 5) is 95.8. The molecule has 15 rings (SSSR count). The van der Waals surface area contributed by atoms with E-state index in [-0.39, 0.29) is 108 Å². The highest BCUT2D eigenvalue weighted by Gasteiger charge is 2.37. The number of carbonyl (C=O) groups excluding carboxylic acids is 4. The lowest BCUT2D eigenvalue weighted by atomic mass is 9.95. The molecule has 0 bridgehead atoms. The number of nitrogens with one attached hydrogen (secondary N) is 3. The van der Waals surface area contributed by atoms with Gasteiger partial charge >= 0.3 is 0 Å². The topological polar surface area (TPSA) is 395 Å². The second-order valence-electron chi connectivity index (χ2n) is 34.6. The summed E-state index contributed by atoms with van der Waals surface area (Å²) in [6.07, 6.45) is 15.7. The number of pyridine rings is 1. The van der Waals surface area contributed by atoms with Gasteiger partial charge in [0.25, 0.3) is 23.6 Å². The number of imidazole rings is 4. The van der Waals surface area contributed by atoms with E-state index < -0.39 is 58.7 Å². The number of aromatic nitrogens is 13. The number of methoxy groups -OCH3 is 1. The summed E-state index contributed by atoms with van der Waals surface area (Å²) in [7, 11) is 6.73. The lowest BCUT2D eigenvalue weighted by Crippen LogP contribution is -2.37. The standard InChI is InChI=1S/C26H34ClFN6O2.C26H27ClFN5O3.C25H26ClFN6O2.C21H25ClFN5O2/c1-14(2)36-23-18(15(3)25-32-16(4)22-24(29)30-8-11-34(22)25)12-19(27)21(28)20(23)26(35)31-13-17-6-9-33(5)10-7-17;1-13(2)36-23-18(14(3)25-31-15(4)22-24(29)30-10-11-33(22)25)12-19(27)21(28)20(23)26(34)32-16-6-8-17(35-5)9-7-16;1-13(2)35-22-17(14(3)24-32-15(4)21-23(28)30-9-10-33(21)24)11-18(26)20(27)19(22)25(34)31-12-16-7-5-6-8-29-16;1-10(2)30-18-13(9-14(22)16(23)15(18)21(29)27(5)6)11(3)20-26-12(4)17-19(24)25-7-8-28(17)20/h8,11-12,14-15,17H,6-7,9-10,13H2,1-5H3,(H2,29,30)(H,31,35);6-14H,1-5H3,(H2,29,30)(H,32,34);5-11,13-14H,12H2,1-4H3,(H2,28,30)(H,31,34);7-11H,1-6H3,(H2,24,25). The molecule has 39 heteroatoms. The van der Waals surface area contributed by atoms with Crippen LogP contribution in [0.3, 0.4) is 0 Å². The van der Waals surface area contributed by atoms with Gasteiger partial charge in [-0.2, -0.15) is 0 Å². The van der Waals surface area contributed by atoms with Crippen LogP contribution in [0.25, 0.3) is 22.1 Å². The molecule has 4 unspecified atom stereocenters. The smallest absolute Gasteiger partial charge is 0.262 e. The first kappa shape index (κ1) is 103. The highest BCUT2D eigenvalue weighted by Crippen LogP contribution is 2.46. The van der Waals surface area contributed by atoms with Crippen molar-refractivity contribution in [3.05, 3.63) is 262 Å². The van der Waals surface area contributed by atoms with E-state index in [1.807, 2.05) is 101 Å². The highest BCUT2D eigenvalue weighted by atomic mass is 35.5. The fraction of sp³-hybridized carbons (Fsp3) is 0.357. The number of fused-ring (bicyclic) bond motifs is 4. The number of piperidine rings is 1. The van der Waals surface area contributed by atoms with Gasteiger partial charge in [0.2, 0.25) is 0 Å². The van der Waals surface area contributed by atoms with Gasteiger partial charge in [-0.25, -0.2) is 57.4 Å². The summed E-state index contributed by atoms with van der Waals surface area (Å²) >= 11 is 25.1. The number of halogens is 8. The minimum Gasteiger partial charge on any atom is -0.497 e. The Labute approximate surface area is 810 Å². The molecule has 0 spiro atoms. The summed E-state index contributed by atoms with van der Waals surface area (Å²) in [5.74, 6) is -1.86. The molecule has 1 saturated heterocycles. The van der Waals surface area contributed by atoms with Gasteiger partial charge in [0.1, 0.15) is 120 Å². The Morgan fingerprint density at radius 3 is 1.07 bits per heavy atom. The van der Waals surface area contributed by atoms with Gasteiger partial charge in [0, 0.05) is 128 Å². The largest absolute Gasteiger partial charge is 0.497 e. The van der Waals surface area contributed by atoms with E-state index in [0.717, 1.165) is 31.6 Å². The van der Waals surface area contributed by atoms with Crippen molar-refractivity contribution in [1.82, 2.24) is 82.9 Å². The molecule has 0 radical (unpaired) electrons. The van der Waals surface area contributed by atoms with Crippen LogP contribution in [0.15, 0.2) is 123 Å². The molecule has 1 aliphatic rings. The number of amides is 4. The number of hydrogen-bond acceptors (Lipinski definition) is 23. The predicted octanol–water partition coefficient (Wildman–Crippen LogP) is 18.8. The summed E-state index contributed by atoms with van der Waals surface area (Å²) in [5.41, 5.74) is 32.2. The van der Waals surface area contributed by atoms with Crippen molar-refractivity contribution < 1.29 is 60.4 Å². The molecule has 10 heterocycles. The number of carbonyl (C=O) groups is 4. The minimum absolute atomic E-state index is 0.0989. The van der Waals surface area contributed by atoms with Crippen molar-refractivity contribution in [2.24, 2.45) is 5.92 Å². The molecule has 0 aliphatic carbocycles. The maximum absolute atomic E-state index is 15.4. The van der Waals surface area contributed by atoms with Crippen LogP contribution in [-0.4, -0.2) is 168 Å². The van der Waals surface area contributed by atoms with Crippen molar-refractivity contribution >= 4 is 121 Å². The van der Waals surface area contributed by atoms with Crippen molar-refractivity contribution in [2.75, 3.05) is 76.1 Å². The molecule has 724 valence electrons. The first-order chi connectivity index (χ1) is 64.9. The molecule has 4 amide bonds. The highest BCUT2D eigenvalue weighted by molar-refractivity contribution is 6.33.